The van der Waals surface area contributed by atoms with Crippen molar-refractivity contribution in [2.45, 2.75) is 38.6 Å². The normalized spacial score (nSPS) is 14.0. The molecule has 7 heteroatoms. The third-order valence-electron chi connectivity index (χ3n) is 4.97. The average Bonchev–Trinajstić information content (AvgIpc) is 3.27. The van der Waals surface area contributed by atoms with E-state index in [9.17, 15) is 4.79 Å². The number of thiophene rings is 1. The minimum atomic E-state index is -0.0988. The predicted octanol–water partition coefficient (Wildman–Crippen LogP) is 4.76. The van der Waals surface area contributed by atoms with Crippen LogP contribution in [0.4, 0.5) is 0 Å². The van der Waals surface area contributed by atoms with Gasteiger partial charge in [-0.1, -0.05) is 30.2 Å². The number of benzene rings is 1. The van der Waals surface area contributed by atoms with Gasteiger partial charge >= 0.3 is 0 Å². The molecule has 5 nitrogen and oxygen atoms in total. The molecule has 1 aliphatic rings. The van der Waals surface area contributed by atoms with Crippen LogP contribution < -0.4 is 5.32 Å². The van der Waals surface area contributed by atoms with Crippen molar-refractivity contribution in [2.75, 3.05) is 6.54 Å². The van der Waals surface area contributed by atoms with Gasteiger partial charge in [0.1, 0.15) is 11.6 Å². The van der Waals surface area contributed by atoms with Gasteiger partial charge in [-0.05, 0) is 48.7 Å². The Hall–Kier alpha value is -2.44. The molecular weight excluding hydrogens is 404 g/mol. The molecule has 0 spiro atoms. The summed E-state index contributed by atoms with van der Waals surface area (Å²) in [6.45, 7) is 1.54. The summed E-state index contributed by atoms with van der Waals surface area (Å²) in [7, 11) is 0. The van der Waals surface area contributed by atoms with E-state index in [-0.39, 0.29) is 5.91 Å². The first-order chi connectivity index (χ1) is 14.2. The second-order valence-corrected chi connectivity index (χ2v) is 8.63. The summed E-state index contributed by atoms with van der Waals surface area (Å²) in [6, 6.07) is 11.8. The molecule has 29 heavy (non-hydrogen) atoms. The molecule has 0 radical (unpaired) electrons. The van der Waals surface area contributed by atoms with Crippen LogP contribution in [0, 0.1) is 0 Å². The molecular formula is C22H23ClN4OS. The molecule has 0 fully saturated rings. The Balaban J connectivity index is 1.29. The summed E-state index contributed by atoms with van der Waals surface area (Å²) in [4.78, 5) is 14.3. The van der Waals surface area contributed by atoms with Gasteiger partial charge in [0.15, 0.2) is 0 Å². The van der Waals surface area contributed by atoms with Crippen molar-refractivity contribution in [1.82, 2.24) is 20.1 Å². The lowest BCUT2D eigenvalue weighted by molar-refractivity contribution is -0.116. The lowest BCUT2D eigenvalue weighted by atomic mass is 10.2. The highest BCUT2D eigenvalue weighted by Crippen LogP contribution is 2.30. The Morgan fingerprint density at radius 1 is 1.21 bits per heavy atom. The average molecular weight is 427 g/mol. The van der Waals surface area contributed by atoms with Gasteiger partial charge in [0.05, 0.1) is 0 Å². The molecule has 1 N–H and O–H groups in total. The van der Waals surface area contributed by atoms with E-state index in [1.165, 1.54) is 19.3 Å². The first-order valence-electron chi connectivity index (χ1n) is 9.92. The van der Waals surface area contributed by atoms with Gasteiger partial charge in [-0.2, -0.15) is 0 Å². The molecule has 3 heterocycles. The van der Waals surface area contributed by atoms with Gasteiger partial charge < -0.3 is 9.88 Å². The molecule has 150 valence electrons. The number of carbonyl (C=O) groups excluding carboxylic acids is 1. The molecule has 1 aromatic carbocycles. The quantitative estimate of drug-likeness (QED) is 0.578. The topological polar surface area (TPSA) is 59.8 Å². The SMILES string of the molecule is O=C(/C=C/c1ccc(-c2cccc(Cl)c2)s1)NCCc1nnc2n1CCCCC2. The Kier molecular flexibility index (Phi) is 6.42. The fourth-order valence-electron chi connectivity index (χ4n) is 3.48. The van der Waals surface area contributed by atoms with Gasteiger partial charge in [-0.15, -0.1) is 21.5 Å². The maximum atomic E-state index is 12.2. The standard InChI is InChI=1S/C22H23ClN4OS/c23-17-6-4-5-16(15-17)19-10-8-18(29-19)9-11-22(28)24-13-12-21-26-25-20-7-2-1-3-14-27(20)21/h4-6,8-11,15H,1-3,7,12-14H2,(H,24,28)/b11-9+. The number of hydrogen-bond acceptors (Lipinski definition) is 4. The zero-order valence-corrected chi connectivity index (χ0v) is 17.7. The second-order valence-electron chi connectivity index (χ2n) is 7.08. The van der Waals surface area contributed by atoms with Crippen molar-refractivity contribution in [1.29, 1.82) is 0 Å². The van der Waals surface area contributed by atoms with E-state index in [2.05, 4.69) is 20.1 Å². The van der Waals surface area contributed by atoms with E-state index in [0.29, 0.717) is 13.0 Å². The minimum Gasteiger partial charge on any atom is -0.352 e. The Bertz CT molecular complexity index is 1020. The van der Waals surface area contributed by atoms with Gasteiger partial charge in [-0.3, -0.25) is 4.79 Å². The van der Waals surface area contributed by atoms with E-state index in [4.69, 9.17) is 11.6 Å². The summed E-state index contributed by atoms with van der Waals surface area (Å²) < 4.78 is 2.22. The van der Waals surface area contributed by atoms with Crippen LogP contribution in [0.5, 0.6) is 0 Å². The fraction of sp³-hybridized carbons (Fsp3) is 0.318. The number of aromatic nitrogens is 3. The maximum Gasteiger partial charge on any atom is 0.244 e. The highest BCUT2D eigenvalue weighted by molar-refractivity contribution is 7.16. The number of amides is 1. The molecule has 1 amide bonds. The second kappa shape index (κ2) is 9.37. The maximum absolute atomic E-state index is 12.2. The number of rotatable bonds is 6. The van der Waals surface area contributed by atoms with Crippen LogP contribution in [0.3, 0.4) is 0 Å². The van der Waals surface area contributed by atoms with E-state index >= 15 is 0 Å². The molecule has 1 aliphatic heterocycles. The minimum absolute atomic E-state index is 0.0988. The highest BCUT2D eigenvalue weighted by Gasteiger charge is 2.14. The van der Waals surface area contributed by atoms with E-state index in [0.717, 1.165) is 45.0 Å². The number of hydrogen-bond donors (Lipinski definition) is 1. The number of aryl methyl sites for hydroxylation is 1. The largest absolute Gasteiger partial charge is 0.352 e. The van der Waals surface area contributed by atoms with Crippen LogP contribution >= 0.6 is 22.9 Å². The van der Waals surface area contributed by atoms with Crippen LogP contribution in [-0.2, 0) is 24.2 Å². The number of nitrogens with one attached hydrogen (secondary N) is 1. The third-order valence-corrected chi connectivity index (χ3v) is 6.30. The molecule has 2 aromatic heterocycles. The Morgan fingerprint density at radius 3 is 3.03 bits per heavy atom. The first-order valence-corrected chi connectivity index (χ1v) is 11.1. The van der Waals surface area contributed by atoms with Crippen LogP contribution in [0.25, 0.3) is 16.5 Å². The van der Waals surface area contributed by atoms with Crippen LogP contribution in [0.15, 0.2) is 42.5 Å². The summed E-state index contributed by atoms with van der Waals surface area (Å²) in [5.41, 5.74) is 1.08. The summed E-state index contributed by atoms with van der Waals surface area (Å²) in [5, 5.41) is 12.3. The number of carbonyl (C=O) groups is 1. The summed E-state index contributed by atoms with van der Waals surface area (Å²) >= 11 is 7.69. The van der Waals surface area contributed by atoms with Gasteiger partial charge in [0.2, 0.25) is 5.91 Å². The Labute approximate surface area is 179 Å². The van der Waals surface area contributed by atoms with E-state index < -0.39 is 0 Å². The smallest absolute Gasteiger partial charge is 0.244 e. The molecule has 3 aromatic rings. The third kappa shape index (κ3) is 5.14. The van der Waals surface area contributed by atoms with E-state index in [1.807, 2.05) is 42.5 Å². The highest BCUT2D eigenvalue weighted by atomic mass is 35.5. The summed E-state index contributed by atoms with van der Waals surface area (Å²) in [6.07, 6.45) is 8.72. The lowest BCUT2D eigenvalue weighted by Gasteiger charge is -2.07. The van der Waals surface area contributed by atoms with Crippen LogP contribution in [0.1, 0.15) is 35.8 Å². The summed E-state index contributed by atoms with van der Waals surface area (Å²) in [5.74, 6) is 1.95. The van der Waals surface area contributed by atoms with E-state index in [1.54, 1.807) is 17.4 Å². The monoisotopic (exact) mass is 426 g/mol. The molecule has 0 atom stereocenters. The Morgan fingerprint density at radius 2 is 2.14 bits per heavy atom. The van der Waals surface area contributed by atoms with Crippen LogP contribution in [0.2, 0.25) is 5.02 Å². The molecule has 0 bridgehead atoms. The predicted molar refractivity (Wildman–Crippen MR) is 118 cm³/mol. The van der Waals surface area contributed by atoms with Crippen molar-refractivity contribution in [2.24, 2.45) is 0 Å². The molecule has 0 saturated heterocycles. The van der Waals surface area contributed by atoms with Gasteiger partial charge in [0, 0.05) is 46.8 Å². The van der Waals surface area contributed by atoms with Gasteiger partial charge in [-0.25, -0.2) is 0 Å². The van der Waals surface area contributed by atoms with Crippen molar-refractivity contribution < 1.29 is 4.79 Å². The molecule has 0 unspecified atom stereocenters. The fourth-order valence-corrected chi connectivity index (χ4v) is 4.58. The first kappa shape index (κ1) is 19.9. The lowest BCUT2D eigenvalue weighted by Crippen LogP contribution is -2.24. The van der Waals surface area contributed by atoms with Crippen molar-refractivity contribution in [3.05, 3.63) is 64.0 Å². The molecule has 0 aliphatic carbocycles. The number of fused-ring (bicyclic) bond motifs is 1. The number of nitrogens with zero attached hydrogens (tertiary/aromatic N) is 3. The van der Waals surface area contributed by atoms with Gasteiger partial charge in [0.25, 0.3) is 0 Å². The molecule has 0 saturated carbocycles. The molecule has 4 rings (SSSR count). The van der Waals surface area contributed by atoms with Crippen molar-refractivity contribution >= 4 is 34.9 Å². The van der Waals surface area contributed by atoms with Crippen LogP contribution in [-0.4, -0.2) is 27.2 Å². The zero-order chi connectivity index (χ0) is 20.1. The number of halogens is 1. The zero-order valence-electron chi connectivity index (χ0n) is 16.1. The van der Waals surface area contributed by atoms with Crippen molar-refractivity contribution in [3.8, 4) is 10.4 Å². The van der Waals surface area contributed by atoms with Crippen molar-refractivity contribution in [3.63, 3.8) is 0 Å².